The summed E-state index contributed by atoms with van der Waals surface area (Å²) in [5, 5.41) is 0.777. The molecular weight excluding hydrogens is 208 g/mol. The Morgan fingerprint density at radius 3 is 2.80 bits per heavy atom. The molecule has 0 atom stereocenters. The second kappa shape index (κ2) is 4.79. The summed E-state index contributed by atoms with van der Waals surface area (Å²) in [5.74, 6) is 0.536. The SMILES string of the molecule is O=C(CSc1ncc[nH]1)c1ccccc1. The molecule has 0 amide bonds. The highest BCUT2D eigenvalue weighted by molar-refractivity contribution is 7.99. The summed E-state index contributed by atoms with van der Waals surface area (Å²) in [6.07, 6.45) is 3.42. The van der Waals surface area contributed by atoms with Crippen LogP contribution in [0.1, 0.15) is 10.4 Å². The van der Waals surface area contributed by atoms with Crippen LogP contribution in [0.5, 0.6) is 0 Å². The number of ketones is 1. The van der Waals surface area contributed by atoms with Gasteiger partial charge in [0.05, 0.1) is 5.75 Å². The molecule has 0 spiro atoms. The predicted molar refractivity (Wildman–Crippen MR) is 60.1 cm³/mol. The lowest BCUT2D eigenvalue weighted by Crippen LogP contribution is -2.01. The van der Waals surface area contributed by atoms with Crippen molar-refractivity contribution < 1.29 is 4.79 Å². The number of carbonyl (C=O) groups excluding carboxylic acids is 1. The molecule has 0 aliphatic rings. The van der Waals surface area contributed by atoms with E-state index in [4.69, 9.17) is 0 Å². The fourth-order valence-corrected chi connectivity index (χ4v) is 1.89. The number of H-pyrrole nitrogens is 1. The zero-order chi connectivity index (χ0) is 10.5. The van der Waals surface area contributed by atoms with Crippen molar-refractivity contribution >= 4 is 17.5 Å². The summed E-state index contributed by atoms with van der Waals surface area (Å²) in [6.45, 7) is 0. The number of nitrogens with zero attached hydrogens (tertiary/aromatic N) is 1. The Morgan fingerprint density at radius 1 is 1.33 bits per heavy atom. The minimum atomic E-state index is 0.122. The van der Waals surface area contributed by atoms with Gasteiger partial charge >= 0.3 is 0 Å². The average Bonchev–Trinajstić information content (AvgIpc) is 2.80. The molecule has 1 heterocycles. The van der Waals surface area contributed by atoms with Crippen molar-refractivity contribution in [1.82, 2.24) is 9.97 Å². The second-order valence-corrected chi connectivity index (χ2v) is 3.94. The normalized spacial score (nSPS) is 10.1. The number of rotatable bonds is 4. The Hall–Kier alpha value is -1.55. The summed E-state index contributed by atoms with van der Waals surface area (Å²) in [7, 11) is 0. The van der Waals surface area contributed by atoms with Crippen molar-refractivity contribution in [3.05, 3.63) is 48.3 Å². The average molecular weight is 218 g/mol. The fourth-order valence-electron chi connectivity index (χ4n) is 1.17. The lowest BCUT2D eigenvalue weighted by Gasteiger charge is -1.98. The molecule has 0 saturated heterocycles. The van der Waals surface area contributed by atoms with Gasteiger partial charge in [0.15, 0.2) is 10.9 Å². The van der Waals surface area contributed by atoms with Crippen LogP contribution in [0.3, 0.4) is 0 Å². The number of hydrogen-bond acceptors (Lipinski definition) is 3. The molecule has 1 aromatic carbocycles. The van der Waals surface area contributed by atoms with E-state index in [1.807, 2.05) is 30.3 Å². The topological polar surface area (TPSA) is 45.8 Å². The van der Waals surface area contributed by atoms with Crippen LogP contribution in [0.15, 0.2) is 47.9 Å². The molecule has 0 unspecified atom stereocenters. The van der Waals surface area contributed by atoms with Crippen LogP contribution in [-0.2, 0) is 0 Å². The Labute approximate surface area is 91.9 Å². The first kappa shape index (κ1) is 9.98. The van der Waals surface area contributed by atoms with E-state index in [1.165, 1.54) is 11.8 Å². The number of aromatic nitrogens is 2. The van der Waals surface area contributed by atoms with Crippen LogP contribution >= 0.6 is 11.8 Å². The number of aromatic amines is 1. The highest BCUT2D eigenvalue weighted by atomic mass is 32.2. The standard InChI is InChI=1S/C11H10N2OS/c14-10(9-4-2-1-3-5-9)8-15-11-12-6-7-13-11/h1-7H,8H2,(H,12,13). The molecule has 2 aromatic rings. The van der Waals surface area contributed by atoms with E-state index in [-0.39, 0.29) is 5.78 Å². The van der Waals surface area contributed by atoms with Gasteiger partial charge in [0.1, 0.15) is 0 Å². The van der Waals surface area contributed by atoms with Gasteiger partial charge in [-0.05, 0) is 0 Å². The van der Waals surface area contributed by atoms with Crippen LogP contribution in [0.4, 0.5) is 0 Å². The molecule has 0 bridgehead atoms. The molecule has 3 nitrogen and oxygen atoms in total. The molecule has 0 radical (unpaired) electrons. The zero-order valence-electron chi connectivity index (χ0n) is 8.01. The summed E-state index contributed by atoms with van der Waals surface area (Å²) in [5.41, 5.74) is 0.747. The van der Waals surface area contributed by atoms with Crippen molar-refractivity contribution in [3.8, 4) is 0 Å². The molecule has 1 aromatic heterocycles. The van der Waals surface area contributed by atoms with E-state index >= 15 is 0 Å². The highest BCUT2D eigenvalue weighted by Gasteiger charge is 2.06. The van der Waals surface area contributed by atoms with Gasteiger partial charge < -0.3 is 4.98 Å². The number of Topliss-reactive ketones (excluding diaryl/α,β-unsaturated/α-hetero) is 1. The summed E-state index contributed by atoms with van der Waals surface area (Å²) < 4.78 is 0. The third kappa shape index (κ3) is 2.70. The van der Waals surface area contributed by atoms with Gasteiger partial charge in [0.25, 0.3) is 0 Å². The quantitative estimate of drug-likeness (QED) is 0.633. The second-order valence-electron chi connectivity index (χ2n) is 2.97. The minimum Gasteiger partial charge on any atom is -0.340 e. The number of benzene rings is 1. The van der Waals surface area contributed by atoms with Crippen LogP contribution in [0.25, 0.3) is 0 Å². The first-order valence-electron chi connectivity index (χ1n) is 4.56. The van der Waals surface area contributed by atoms with Gasteiger partial charge in [-0.3, -0.25) is 4.79 Å². The molecule has 0 aliphatic heterocycles. The minimum absolute atomic E-state index is 0.122. The van der Waals surface area contributed by atoms with Gasteiger partial charge in [0, 0.05) is 18.0 Å². The smallest absolute Gasteiger partial charge is 0.173 e. The van der Waals surface area contributed by atoms with E-state index in [9.17, 15) is 4.79 Å². The highest BCUT2D eigenvalue weighted by Crippen LogP contribution is 2.13. The van der Waals surface area contributed by atoms with Crippen LogP contribution in [-0.4, -0.2) is 21.5 Å². The van der Waals surface area contributed by atoms with Crippen molar-refractivity contribution in [2.24, 2.45) is 0 Å². The number of hydrogen-bond donors (Lipinski definition) is 1. The van der Waals surface area contributed by atoms with Gasteiger partial charge in [-0.2, -0.15) is 0 Å². The largest absolute Gasteiger partial charge is 0.340 e. The third-order valence-corrected chi connectivity index (χ3v) is 2.81. The third-order valence-electron chi connectivity index (χ3n) is 1.91. The van der Waals surface area contributed by atoms with Gasteiger partial charge in [0.2, 0.25) is 0 Å². The van der Waals surface area contributed by atoms with Gasteiger partial charge in [-0.1, -0.05) is 42.1 Å². The Kier molecular flexibility index (Phi) is 3.19. The van der Waals surface area contributed by atoms with E-state index < -0.39 is 0 Å². The molecule has 76 valence electrons. The molecular formula is C11H10N2OS. The fraction of sp³-hybridized carbons (Fsp3) is 0.0909. The van der Waals surface area contributed by atoms with Crippen molar-refractivity contribution in [3.63, 3.8) is 0 Å². The molecule has 15 heavy (non-hydrogen) atoms. The lowest BCUT2D eigenvalue weighted by atomic mass is 10.2. The number of thioether (sulfide) groups is 1. The molecule has 1 N–H and O–H groups in total. The van der Waals surface area contributed by atoms with E-state index in [0.717, 1.165) is 10.7 Å². The molecule has 0 saturated carbocycles. The monoisotopic (exact) mass is 218 g/mol. The lowest BCUT2D eigenvalue weighted by molar-refractivity contribution is 0.102. The van der Waals surface area contributed by atoms with E-state index in [0.29, 0.717) is 5.75 Å². The molecule has 0 aliphatic carbocycles. The van der Waals surface area contributed by atoms with Crippen LogP contribution < -0.4 is 0 Å². The number of carbonyl (C=O) groups is 1. The first-order chi connectivity index (χ1) is 7.36. The molecule has 4 heteroatoms. The van der Waals surface area contributed by atoms with Crippen LogP contribution in [0, 0.1) is 0 Å². The van der Waals surface area contributed by atoms with E-state index in [2.05, 4.69) is 9.97 Å². The Bertz CT molecular complexity index is 425. The summed E-state index contributed by atoms with van der Waals surface area (Å²) in [4.78, 5) is 18.7. The number of imidazole rings is 1. The van der Waals surface area contributed by atoms with Crippen molar-refractivity contribution in [1.29, 1.82) is 0 Å². The Morgan fingerprint density at radius 2 is 2.13 bits per heavy atom. The van der Waals surface area contributed by atoms with Crippen molar-refractivity contribution in [2.45, 2.75) is 5.16 Å². The van der Waals surface area contributed by atoms with E-state index in [1.54, 1.807) is 12.4 Å². The maximum Gasteiger partial charge on any atom is 0.173 e. The molecule has 2 rings (SSSR count). The maximum atomic E-state index is 11.7. The predicted octanol–water partition coefficient (Wildman–Crippen LogP) is 2.38. The maximum absolute atomic E-state index is 11.7. The van der Waals surface area contributed by atoms with Crippen LogP contribution in [0.2, 0.25) is 0 Å². The zero-order valence-corrected chi connectivity index (χ0v) is 8.83. The summed E-state index contributed by atoms with van der Waals surface area (Å²) in [6, 6.07) is 9.28. The first-order valence-corrected chi connectivity index (χ1v) is 5.55. The van der Waals surface area contributed by atoms with Gasteiger partial charge in [-0.25, -0.2) is 4.98 Å². The number of nitrogens with one attached hydrogen (secondary N) is 1. The Balaban J connectivity index is 1.94. The summed E-state index contributed by atoms with van der Waals surface area (Å²) >= 11 is 1.41. The van der Waals surface area contributed by atoms with Crippen molar-refractivity contribution in [2.75, 3.05) is 5.75 Å². The molecule has 0 fully saturated rings. The van der Waals surface area contributed by atoms with Gasteiger partial charge in [-0.15, -0.1) is 0 Å².